The van der Waals surface area contributed by atoms with Gasteiger partial charge in [-0.1, -0.05) is 12.1 Å². The summed E-state index contributed by atoms with van der Waals surface area (Å²) < 4.78 is 2.25. The van der Waals surface area contributed by atoms with Crippen molar-refractivity contribution in [3.8, 4) is 0 Å². The molecular formula is C16H18N4S. The highest BCUT2D eigenvalue weighted by molar-refractivity contribution is 7.07. The molecule has 0 saturated carbocycles. The van der Waals surface area contributed by atoms with Gasteiger partial charge in [0.25, 0.3) is 0 Å². The molecule has 3 aromatic rings. The zero-order valence-corrected chi connectivity index (χ0v) is 12.9. The number of fused-ring (bicyclic) bond motifs is 1. The van der Waals surface area contributed by atoms with Crippen LogP contribution < -0.4 is 0 Å². The molecule has 1 atom stereocenters. The third kappa shape index (κ3) is 2.26. The number of aryl methyl sites for hydroxylation is 1. The van der Waals surface area contributed by atoms with Crippen molar-refractivity contribution < 1.29 is 0 Å². The molecule has 0 aliphatic carbocycles. The summed E-state index contributed by atoms with van der Waals surface area (Å²) in [6, 6.07) is 8.78. The third-order valence-electron chi connectivity index (χ3n) is 4.33. The van der Waals surface area contributed by atoms with E-state index in [1.165, 1.54) is 29.9 Å². The van der Waals surface area contributed by atoms with Crippen molar-refractivity contribution in [3.63, 3.8) is 0 Å². The molecule has 1 aliphatic rings. The molecule has 2 aromatic heterocycles. The summed E-state index contributed by atoms with van der Waals surface area (Å²) in [5, 5.41) is 2.14. The monoisotopic (exact) mass is 298 g/mol. The first-order valence-electron chi connectivity index (χ1n) is 7.35. The maximum atomic E-state index is 4.88. The number of likely N-dealkylation sites (tertiary alicyclic amines) is 1. The van der Waals surface area contributed by atoms with Gasteiger partial charge in [0, 0.05) is 19.0 Å². The minimum Gasteiger partial charge on any atom is -0.330 e. The Bertz CT molecular complexity index is 747. The van der Waals surface area contributed by atoms with Gasteiger partial charge in [-0.3, -0.25) is 4.90 Å². The third-order valence-corrected chi connectivity index (χ3v) is 4.97. The van der Waals surface area contributed by atoms with E-state index in [4.69, 9.17) is 4.98 Å². The van der Waals surface area contributed by atoms with E-state index in [1.807, 2.05) is 5.51 Å². The van der Waals surface area contributed by atoms with E-state index in [0.29, 0.717) is 6.04 Å². The average Bonchev–Trinajstić information content (AvgIpc) is 3.21. The zero-order valence-electron chi connectivity index (χ0n) is 12.1. The second-order valence-corrected chi connectivity index (χ2v) is 6.34. The van der Waals surface area contributed by atoms with Crippen molar-refractivity contribution in [1.29, 1.82) is 0 Å². The first-order valence-corrected chi connectivity index (χ1v) is 8.29. The van der Waals surface area contributed by atoms with E-state index in [9.17, 15) is 0 Å². The van der Waals surface area contributed by atoms with Crippen molar-refractivity contribution >= 4 is 22.4 Å². The molecule has 1 aromatic carbocycles. The molecule has 0 N–H and O–H groups in total. The van der Waals surface area contributed by atoms with Gasteiger partial charge >= 0.3 is 0 Å². The number of thiazole rings is 1. The van der Waals surface area contributed by atoms with Gasteiger partial charge in [0.2, 0.25) is 0 Å². The lowest BCUT2D eigenvalue weighted by molar-refractivity contribution is 0.235. The van der Waals surface area contributed by atoms with Crippen molar-refractivity contribution in [2.24, 2.45) is 7.05 Å². The summed E-state index contributed by atoms with van der Waals surface area (Å²) in [6.07, 6.45) is 2.42. The van der Waals surface area contributed by atoms with Crippen LogP contribution in [0.4, 0.5) is 0 Å². The average molecular weight is 298 g/mol. The highest BCUT2D eigenvalue weighted by Crippen LogP contribution is 2.33. The van der Waals surface area contributed by atoms with Gasteiger partial charge in [-0.2, -0.15) is 0 Å². The Kier molecular flexibility index (Phi) is 3.24. The molecule has 1 saturated heterocycles. The van der Waals surface area contributed by atoms with Crippen LogP contribution in [0.2, 0.25) is 0 Å². The maximum absolute atomic E-state index is 4.88. The summed E-state index contributed by atoms with van der Waals surface area (Å²) in [5.41, 5.74) is 5.39. The molecule has 1 fully saturated rings. The quantitative estimate of drug-likeness (QED) is 0.743. The van der Waals surface area contributed by atoms with Gasteiger partial charge in [0.05, 0.1) is 28.3 Å². The van der Waals surface area contributed by atoms with E-state index < -0.39 is 0 Å². The smallest absolute Gasteiger partial charge is 0.127 e. The van der Waals surface area contributed by atoms with Crippen LogP contribution in [0.3, 0.4) is 0 Å². The highest BCUT2D eigenvalue weighted by atomic mass is 32.1. The lowest BCUT2D eigenvalue weighted by Crippen LogP contribution is -2.25. The van der Waals surface area contributed by atoms with Gasteiger partial charge in [0.1, 0.15) is 5.82 Å². The van der Waals surface area contributed by atoms with Crippen molar-refractivity contribution in [2.45, 2.75) is 25.4 Å². The molecular weight excluding hydrogens is 280 g/mol. The maximum Gasteiger partial charge on any atom is 0.127 e. The number of rotatable bonds is 3. The van der Waals surface area contributed by atoms with Gasteiger partial charge in [-0.25, -0.2) is 9.97 Å². The molecule has 0 unspecified atom stereocenters. The second kappa shape index (κ2) is 5.24. The Labute approximate surface area is 128 Å². The molecule has 5 heteroatoms. The Hall–Kier alpha value is -1.72. The van der Waals surface area contributed by atoms with Crippen molar-refractivity contribution in [1.82, 2.24) is 19.4 Å². The molecule has 108 valence electrons. The molecule has 21 heavy (non-hydrogen) atoms. The van der Waals surface area contributed by atoms with E-state index in [1.54, 1.807) is 11.3 Å². The number of imidazole rings is 1. The second-order valence-electron chi connectivity index (χ2n) is 5.63. The minimum absolute atomic E-state index is 0.407. The summed E-state index contributed by atoms with van der Waals surface area (Å²) in [5.74, 6) is 1.18. The SMILES string of the molecule is Cn1c([C@H]2CCCN2Cc2cscn2)nc2ccccc21. The van der Waals surface area contributed by atoms with E-state index in [2.05, 4.69) is 51.1 Å². The highest BCUT2D eigenvalue weighted by Gasteiger charge is 2.30. The van der Waals surface area contributed by atoms with E-state index in [0.717, 1.165) is 18.6 Å². The Morgan fingerprint density at radius 1 is 1.33 bits per heavy atom. The number of nitrogens with zero attached hydrogens (tertiary/aromatic N) is 4. The largest absolute Gasteiger partial charge is 0.330 e. The van der Waals surface area contributed by atoms with Crippen LogP contribution in [-0.2, 0) is 13.6 Å². The molecule has 4 rings (SSSR count). The fourth-order valence-electron chi connectivity index (χ4n) is 3.29. The number of benzene rings is 1. The molecule has 0 radical (unpaired) electrons. The fourth-order valence-corrected chi connectivity index (χ4v) is 3.84. The van der Waals surface area contributed by atoms with Gasteiger partial charge in [-0.15, -0.1) is 11.3 Å². The Morgan fingerprint density at radius 3 is 3.05 bits per heavy atom. The summed E-state index contributed by atoms with van der Waals surface area (Å²) in [4.78, 5) is 11.8. The van der Waals surface area contributed by atoms with Crippen LogP contribution in [0.25, 0.3) is 11.0 Å². The number of aromatic nitrogens is 3. The lowest BCUT2D eigenvalue weighted by Gasteiger charge is -2.23. The minimum atomic E-state index is 0.407. The van der Waals surface area contributed by atoms with Crippen molar-refractivity contribution in [2.75, 3.05) is 6.54 Å². The standard InChI is InChI=1S/C16H18N4S/c1-19-14-6-3-2-5-13(14)18-16(19)15-7-4-8-20(15)9-12-10-21-11-17-12/h2-3,5-6,10-11,15H,4,7-9H2,1H3/t15-/m1/s1. The normalized spacial score (nSPS) is 19.6. The topological polar surface area (TPSA) is 34.0 Å². The Morgan fingerprint density at radius 2 is 2.24 bits per heavy atom. The number of hydrogen-bond acceptors (Lipinski definition) is 4. The first kappa shape index (κ1) is 13.0. The van der Waals surface area contributed by atoms with Gasteiger partial charge in [-0.05, 0) is 31.5 Å². The zero-order chi connectivity index (χ0) is 14.2. The van der Waals surface area contributed by atoms with E-state index in [-0.39, 0.29) is 0 Å². The van der Waals surface area contributed by atoms with Crippen LogP contribution in [0.5, 0.6) is 0 Å². The van der Waals surface area contributed by atoms with Crippen LogP contribution in [0, 0.1) is 0 Å². The number of hydrogen-bond donors (Lipinski definition) is 0. The fraction of sp³-hybridized carbons (Fsp3) is 0.375. The van der Waals surface area contributed by atoms with Crippen LogP contribution in [0.1, 0.15) is 30.4 Å². The summed E-state index contributed by atoms with van der Waals surface area (Å²) in [6.45, 7) is 2.06. The van der Waals surface area contributed by atoms with E-state index >= 15 is 0 Å². The lowest BCUT2D eigenvalue weighted by atomic mass is 10.2. The molecule has 0 amide bonds. The molecule has 0 bridgehead atoms. The predicted molar refractivity (Wildman–Crippen MR) is 85.2 cm³/mol. The van der Waals surface area contributed by atoms with Crippen molar-refractivity contribution in [3.05, 3.63) is 46.7 Å². The van der Waals surface area contributed by atoms with Gasteiger partial charge in [0.15, 0.2) is 0 Å². The predicted octanol–water partition coefficient (Wildman–Crippen LogP) is 3.37. The summed E-state index contributed by atoms with van der Waals surface area (Å²) in [7, 11) is 2.13. The number of para-hydroxylation sites is 2. The van der Waals surface area contributed by atoms with Crippen LogP contribution >= 0.6 is 11.3 Å². The molecule has 1 aliphatic heterocycles. The molecule has 4 nitrogen and oxygen atoms in total. The Balaban J connectivity index is 1.68. The van der Waals surface area contributed by atoms with Crippen LogP contribution in [0.15, 0.2) is 35.2 Å². The van der Waals surface area contributed by atoms with Gasteiger partial charge < -0.3 is 4.57 Å². The molecule has 0 spiro atoms. The van der Waals surface area contributed by atoms with Crippen LogP contribution in [-0.4, -0.2) is 26.0 Å². The first-order chi connectivity index (χ1) is 10.3. The summed E-state index contributed by atoms with van der Waals surface area (Å²) >= 11 is 1.67. The molecule has 3 heterocycles.